The van der Waals surface area contributed by atoms with Gasteiger partial charge in [0.25, 0.3) is 5.69 Å². The Hall–Kier alpha value is -1.99. The van der Waals surface area contributed by atoms with E-state index in [1.54, 1.807) is 25.1 Å². The summed E-state index contributed by atoms with van der Waals surface area (Å²) in [5, 5.41) is 20.4. The minimum atomic E-state index is -0.749. The van der Waals surface area contributed by atoms with Crippen LogP contribution in [0.3, 0.4) is 0 Å². The molecule has 1 aromatic carbocycles. The van der Waals surface area contributed by atoms with Crippen LogP contribution in [0.1, 0.15) is 18.6 Å². The highest BCUT2D eigenvalue weighted by atomic mass is 79.9. The largest absolute Gasteiger partial charge is 0.438 e. The highest BCUT2D eigenvalue weighted by molar-refractivity contribution is 9.10. The fourth-order valence-corrected chi connectivity index (χ4v) is 2.09. The maximum absolute atomic E-state index is 10.8. The Labute approximate surface area is 123 Å². The summed E-state index contributed by atoms with van der Waals surface area (Å²) >= 11 is 3.19. The lowest BCUT2D eigenvalue weighted by Crippen LogP contribution is -1.98. The average Bonchev–Trinajstić information content (AvgIpc) is 2.38. The van der Waals surface area contributed by atoms with Gasteiger partial charge in [-0.15, -0.1) is 0 Å². The van der Waals surface area contributed by atoms with E-state index in [0.29, 0.717) is 10.0 Å². The summed E-state index contributed by atoms with van der Waals surface area (Å²) in [6.07, 6.45) is 0.772. The second-order valence-electron chi connectivity index (χ2n) is 4.08. The van der Waals surface area contributed by atoms with E-state index >= 15 is 0 Å². The number of nitrogens with zero attached hydrogens (tertiary/aromatic N) is 2. The van der Waals surface area contributed by atoms with Crippen molar-refractivity contribution >= 4 is 21.6 Å². The molecular weight excluding hydrogens is 328 g/mol. The van der Waals surface area contributed by atoms with Crippen molar-refractivity contribution in [3.8, 4) is 11.6 Å². The standard InChI is InChI=1S/C13H11BrN2O4/c1-8(17)12-3-2-4-15-13(12)20-11-6-9(14)5-10(7-11)16(18)19/h2-8,17H,1H3. The van der Waals surface area contributed by atoms with Gasteiger partial charge in [-0.1, -0.05) is 15.9 Å². The van der Waals surface area contributed by atoms with E-state index in [4.69, 9.17) is 4.74 Å². The quantitative estimate of drug-likeness (QED) is 0.679. The van der Waals surface area contributed by atoms with Crippen molar-refractivity contribution in [1.82, 2.24) is 4.98 Å². The van der Waals surface area contributed by atoms with Gasteiger partial charge in [-0.25, -0.2) is 4.98 Å². The number of aliphatic hydroxyl groups excluding tert-OH is 1. The number of aromatic nitrogens is 1. The first-order chi connectivity index (χ1) is 9.47. The van der Waals surface area contributed by atoms with Gasteiger partial charge in [0.1, 0.15) is 5.75 Å². The lowest BCUT2D eigenvalue weighted by Gasteiger charge is -2.11. The number of hydrogen-bond acceptors (Lipinski definition) is 5. The molecule has 20 heavy (non-hydrogen) atoms. The number of rotatable bonds is 4. The molecule has 1 N–H and O–H groups in total. The van der Waals surface area contributed by atoms with E-state index in [2.05, 4.69) is 20.9 Å². The lowest BCUT2D eigenvalue weighted by molar-refractivity contribution is -0.385. The van der Waals surface area contributed by atoms with Crippen LogP contribution in [0, 0.1) is 10.1 Å². The normalized spacial score (nSPS) is 11.9. The van der Waals surface area contributed by atoms with Crippen LogP contribution in [0.2, 0.25) is 0 Å². The highest BCUT2D eigenvalue weighted by Crippen LogP contribution is 2.31. The van der Waals surface area contributed by atoms with E-state index in [1.165, 1.54) is 18.3 Å². The van der Waals surface area contributed by atoms with Crippen molar-refractivity contribution in [2.24, 2.45) is 0 Å². The molecule has 0 bridgehead atoms. The van der Waals surface area contributed by atoms with Crippen LogP contribution in [0.25, 0.3) is 0 Å². The van der Waals surface area contributed by atoms with Crippen LogP contribution in [0.15, 0.2) is 41.0 Å². The molecule has 0 spiro atoms. The van der Waals surface area contributed by atoms with Gasteiger partial charge in [-0.2, -0.15) is 0 Å². The van der Waals surface area contributed by atoms with E-state index in [9.17, 15) is 15.2 Å². The highest BCUT2D eigenvalue weighted by Gasteiger charge is 2.14. The summed E-state index contributed by atoms with van der Waals surface area (Å²) in [4.78, 5) is 14.3. The zero-order valence-corrected chi connectivity index (χ0v) is 12.1. The van der Waals surface area contributed by atoms with Gasteiger partial charge < -0.3 is 9.84 Å². The SMILES string of the molecule is CC(O)c1cccnc1Oc1cc(Br)cc([N+](=O)[O-])c1. The molecular formula is C13H11BrN2O4. The van der Waals surface area contributed by atoms with Crippen molar-refractivity contribution in [2.45, 2.75) is 13.0 Å². The van der Waals surface area contributed by atoms with E-state index in [1.807, 2.05) is 0 Å². The molecule has 1 heterocycles. The van der Waals surface area contributed by atoms with E-state index in [0.717, 1.165) is 0 Å². The lowest BCUT2D eigenvalue weighted by atomic mass is 10.2. The molecule has 0 fully saturated rings. The Morgan fingerprint density at radius 1 is 1.45 bits per heavy atom. The monoisotopic (exact) mass is 338 g/mol. The van der Waals surface area contributed by atoms with Crippen molar-refractivity contribution < 1.29 is 14.8 Å². The summed E-state index contributed by atoms with van der Waals surface area (Å²) in [7, 11) is 0. The third-order valence-corrected chi connectivity index (χ3v) is 2.99. The Kier molecular flexibility index (Phi) is 4.31. The summed E-state index contributed by atoms with van der Waals surface area (Å²) in [5.41, 5.74) is 0.416. The smallest absolute Gasteiger partial charge is 0.274 e. The summed E-state index contributed by atoms with van der Waals surface area (Å²) < 4.78 is 6.06. The number of aliphatic hydroxyl groups is 1. The number of benzene rings is 1. The predicted octanol–water partition coefficient (Wildman–Crippen LogP) is 3.60. The second-order valence-corrected chi connectivity index (χ2v) is 4.99. The fourth-order valence-electron chi connectivity index (χ4n) is 1.63. The minimum absolute atomic E-state index is 0.0936. The van der Waals surface area contributed by atoms with Gasteiger partial charge in [-0.05, 0) is 25.1 Å². The summed E-state index contributed by atoms with van der Waals surface area (Å²) in [6.45, 7) is 1.59. The van der Waals surface area contributed by atoms with Crippen molar-refractivity contribution in [3.63, 3.8) is 0 Å². The molecule has 7 heteroatoms. The van der Waals surface area contributed by atoms with Crippen LogP contribution in [0.4, 0.5) is 5.69 Å². The van der Waals surface area contributed by atoms with Gasteiger partial charge in [0.05, 0.1) is 17.1 Å². The molecule has 0 aliphatic heterocycles. The number of hydrogen-bond donors (Lipinski definition) is 1. The maximum atomic E-state index is 10.8. The molecule has 6 nitrogen and oxygen atoms in total. The molecule has 104 valence electrons. The Bertz CT molecular complexity index is 646. The number of pyridine rings is 1. The Morgan fingerprint density at radius 2 is 2.20 bits per heavy atom. The average molecular weight is 339 g/mol. The number of non-ortho nitro benzene ring substituents is 1. The van der Waals surface area contributed by atoms with Gasteiger partial charge in [0, 0.05) is 22.3 Å². The first kappa shape index (κ1) is 14.4. The molecule has 0 saturated heterocycles. The zero-order chi connectivity index (χ0) is 14.7. The van der Waals surface area contributed by atoms with Crippen LogP contribution in [-0.4, -0.2) is 15.0 Å². The van der Waals surface area contributed by atoms with Gasteiger partial charge in [0.15, 0.2) is 0 Å². The number of nitro benzene ring substituents is 1. The van der Waals surface area contributed by atoms with E-state index < -0.39 is 11.0 Å². The number of nitro groups is 1. The first-order valence-electron chi connectivity index (χ1n) is 5.73. The molecule has 2 aromatic rings. The first-order valence-corrected chi connectivity index (χ1v) is 6.52. The second kappa shape index (κ2) is 5.98. The van der Waals surface area contributed by atoms with Gasteiger partial charge >= 0.3 is 0 Å². The van der Waals surface area contributed by atoms with Crippen molar-refractivity contribution in [3.05, 3.63) is 56.7 Å². The molecule has 0 amide bonds. The zero-order valence-electron chi connectivity index (χ0n) is 10.5. The third kappa shape index (κ3) is 3.31. The van der Waals surface area contributed by atoms with Crippen LogP contribution in [-0.2, 0) is 0 Å². The molecule has 2 rings (SSSR count). The summed E-state index contributed by atoms with van der Waals surface area (Å²) in [5.74, 6) is 0.488. The Morgan fingerprint density at radius 3 is 2.85 bits per heavy atom. The van der Waals surface area contributed by atoms with Crippen LogP contribution in [0.5, 0.6) is 11.6 Å². The van der Waals surface area contributed by atoms with Crippen LogP contribution < -0.4 is 4.74 Å². The number of halogens is 1. The Balaban J connectivity index is 2.37. The fraction of sp³-hybridized carbons (Fsp3) is 0.154. The third-order valence-electron chi connectivity index (χ3n) is 2.53. The van der Waals surface area contributed by atoms with Gasteiger partial charge in [0.2, 0.25) is 5.88 Å². The van der Waals surface area contributed by atoms with Gasteiger partial charge in [-0.3, -0.25) is 10.1 Å². The van der Waals surface area contributed by atoms with E-state index in [-0.39, 0.29) is 17.3 Å². The van der Waals surface area contributed by atoms with Crippen molar-refractivity contribution in [2.75, 3.05) is 0 Å². The van der Waals surface area contributed by atoms with Crippen LogP contribution >= 0.6 is 15.9 Å². The maximum Gasteiger partial charge on any atom is 0.274 e. The topological polar surface area (TPSA) is 85.5 Å². The molecule has 1 unspecified atom stereocenters. The molecule has 1 aromatic heterocycles. The van der Waals surface area contributed by atoms with Crippen molar-refractivity contribution in [1.29, 1.82) is 0 Å². The molecule has 0 radical (unpaired) electrons. The molecule has 0 aliphatic rings. The predicted molar refractivity (Wildman–Crippen MR) is 75.7 cm³/mol. The summed E-state index contributed by atoms with van der Waals surface area (Å²) in [6, 6.07) is 7.62. The molecule has 0 aliphatic carbocycles. The molecule has 1 atom stereocenters. The number of ether oxygens (including phenoxy) is 1. The molecule has 0 saturated carbocycles. The minimum Gasteiger partial charge on any atom is -0.438 e.